The number of thioether (sulfide) groups is 1. The zero-order valence-electron chi connectivity index (χ0n) is 6.58. The molecular formula is C7H14N2S. The van der Waals surface area contributed by atoms with Gasteiger partial charge in [-0.15, -0.1) is 11.8 Å². The fraction of sp³-hybridized carbons (Fsp3) is 0.857. The van der Waals surface area contributed by atoms with Crippen LogP contribution in [0.5, 0.6) is 0 Å². The molecule has 0 N–H and O–H groups in total. The Kier molecular flexibility index (Phi) is 3.22. The third kappa shape index (κ3) is 2.71. The SMILES string of the molecule is CN(C)CC[C@@H]1CSC=N1. The summed E-state index contributed by atoms with van der Waals surface area (Å²) >= 11 is 1.82. The Hall–Kier alpha value is -0.0200. The lowest BCUT2D eigenvalue weighted by atomic mass is 10.2. The Labute approximate surface area is 66.7 Å². The van der Waals surface area contributed by atoms with Crippen molar-refractivity contribution in [2.75, 3.05) is 26.4 Å². The average molecular weight is 158 g/mol. The molecule has 0 aromatic carbocycles. The minimum absolute atomic E-state index is 0.590. The quantitative estimate of drug-likeness (QED) is 0.611. The van der Waals surface area contributed by atoms with Crippen LogP contribution in [0.4, 0.5) is 0 Å². The van der Waals surface area contributed by atoms with Crippen LogP contribution >= 0.6 is 11.8 Å². The van der Waals surface area contributed by atoms with Gasteiger partial charge in [-0.3, -0.25) is 4.99 Å². The Morgan fingerprint density at radius 3 is 3.00 bits per heavy atom. The topological polar surface area (TPSA) is 15.6 Å². The van der Waals surface area contributed by atoms with Crippen LogP contribution in [-0.4, -0.2) is 42.9 Å². The number of hydrogen-bond donors (Lipinski definition) is 0. The van der Waals surface area contributed by atoms with Gasteiger partial charge in [0.15, 0.2) is 0 Å². The molecule has 0 aliphatic carbocycles. The first-order chi connectivity index (χ1) is 4.79. The first kappa shape index (κ1) is 8.08. The largest absolute Gasteiger partial charge is 0.309 e. The molecular weight excluding hydrogens is 144 g/mol. The molecule has 1 atom stereocenters. The third-order valence-electron chi connectivity index (χ3n) is 1.54. The molecule has 0 bridgehead atoms. The Bertz CT molecular complexity index is 123. The maximum absolute atomic E-state index is 4.32. The van der Waals surface area contributed by atoms with Crippen molar-refractivity contribution < 1.29 is 0 Å². The molecule has 10 heavy (non-hydrogen) atoms. The van der Waals surface area contributed by atoms with E-state index in [0.29, 0.717) is 6.04 Å². The molecule has 0 saturated carbocycles. The summed E-state index contributed by atoms with van der Waals surface area (Å²) in [5.74, 6) is 1.19. The highest BCUT2D eigenvalue weighted by atomic mass is 32.2. The molecule has 1 aliphatic rings. The van der Waals surface area contributed by atoms with Crippen LogP contribution in [0.2, 0.25) is 0 Å². The van der Waals surface area contributed by atoms with Crippen molar-refractivity contribution >= 4 is 17.3 Å². The highest BCUT2D eigenvalue weighted by Crippen LogP contribution is 2.13. The second-order valence-corrected chi connectivity index (χ2v) is 3.71. The van der Waals surface area contributed by atoms with Crippen molar-refractivity contribution in [3.05, 3.63) is 0 Å². The molecule has 0 fully saturated rings. The van der Waals surface area contributed by atoms with Crippen molar-refractivity contribution in [3.63, 3.8) is 0 Å². The molecule has 1 heterocycles. The summed E-state index contributed by atoms with van der Waals surface area (Å²) in [6, 6.07) is 0.590. The lowest BCUT2D eigenvalue weighted by Crippen LogP contribution is -2.18. The Balaban J connectivity index is 2.08. The van der Waals surface area contributed by atoms with Crippen LogP contribution < -0.4 is 0 Å². The summed E-state index contributed by atoms with van der Waals surface area (Å²) in [5, 5.41) is 0. The standard InChI is InChI=1S/C7H14N2S/c1-9(2)4-3-7-5-10-6-8-7/h6-7H,3-5H2,1-2H3/t7-/m1/s1. The van der Waals surface area contributed by atoms with Crippen LogP contribution in [-0.2, 0) is 0 Å². The van der Waals surface area contributed by atoms with Gasteiger partial charge < -0.3 is 4.90 Å². The summed E-state index contributed by atoms with van der Waals surface area (Å²) < 4.78 is 0. The molecule has 1 rings (SSSR count). The van der Waals surface area contributed by atoms with E-state index in [1.54, 1.807) is 0 Å². The van der Waals surface area contributed by atoms with Gasteiger partial charge in [0.2, 0.25) is 0 Å². The minimum Gasteiger partial charge on any atom is -0.309 e. The summed E-state index contributed by atoms with van der Waals surface area (Å²) in [5.41, 5.74) is 1.97. The molecule has 3 heteroatoms. The molecule has 1 aliphatic heterocycles. The maximum Gasteiger partial charge on any atom is 0.0612 e. The lowest BCUT2D eigenvalue weighted by Gasteiger charge is -2.11. The average Bonchev–Trinajstić information content (AvgIpc) is 2.34. The van der Waals surface area contributed by atoms with E-state index >= 15 is 0 Å². The van der Waals surface area contributed by atoms with Crippen molar-refractivity contribution in [1.82, 2.24) is 4.90 Å². The second-order valence-electron chi connectivity index (χ2n) is 2.83. The van der Waals surface area contributed by atoms with Crippen molar-refractivity contribution in [3.8, 4) is 0 Å². The van der Waals surface area contributed by atoms with Gasteiger partial charge in [0.25, 0.3) is 0 Å². The van der Waals surface area contributed by atoms with E-state index in [9.17, 15) is 0 Å². The second kappa shape index (κ2) is 3.98. The van der Waals surface area contributed by atoms with E-state index in [0.717, 1.165) is 6.54 Å². The van der Waals surface area contributed by atoms with E-state index in [1.165, 1.54) is 12.2 Å². The summed E-state index contributed by atoms with van der Waals surface area (Å²) in [4.78, 5) is 6.53. The monoisotopic (exact) mass is 158 g/mol. The van der Waals surface area contributed by atoms with E-state index < -0.39 is 0 Å². The van der Waals surface area contributed by atoms with Gasteiger partial charge in [-0.1, -0.05) is 0 Å². The fourth-order valence-corrected chi connectivity index (χ4v) is 1.71. The molecule has 0 spiro atoms. The maximum atomic E-state index is 4.32. The lowest BCUT2D eigenvalue weighted by molar-refractivity contribution is 0.388. The normalized spacial score (nSPS) is 24.5. The van der Waals surface area contributed by atoms with E-state index in [1.807, 2.05) is 17.3 Å². The first-order valence-corrected chi connectivity index (χ1v) is 4.62. The predicted octanol–water partition coefficient (Wildman–Crippen LogP) is 1.08. The molecule has 2 nitrogen and oxygen atoms in total. The van der Waals surface area contributed by atoms with Gasteiger partial charge in [0, 0.05) is 5.75 Å². The third-order valence-corrected chi connectivity index (χ3v) is 2.39. The molecule has 0 amide bonds. The van der Waals surface area contributed by atoms with Crippen LogP contribution in [0.15, 0.2) is 4.99 Å². The van der Waals surface area contributed by atoms with Crippen molar-refractivity contribution in [2.24, 2.45) is 4.99 Å². The Morgan fingerprint density at radius 2 is 2.50 bits per heavy atom. The highest BCUT2D eigenvalue weighted by molar-refractivity contribution is 8.12. The molecule has 0 saturated heterocycles. The number of hydrogen-bond acceptors (Lipinski definition) is 3. The number of nitrogens with zero attached hydrogens (tertiary/aromatic N) is 2. The smallest absolute Gasteiger partial charge is 0.0612 e. The number of aliphatic imine (C=N–C) groups is 1. The molecule has 0 radical (unpaired) electrons. The molecule has 0 unspecified atom stereocenters. The first-order valence-electron chi connectivity index (χ1n) is 3.57. The number of rotatable bonds is 3. The predicted molar refractivity (Wildman–Crippen MR) is 47.9 cm³/mol. The van der Waals surface area contributed by atoms with E-state index in [4.69, 9.17) is 0 Å². The van der Waals surface area contributed by atoms with Crippen molar-refractivity contribution in [1.29, 1.82) is 0 Å². The zero-order valence-corrected chi connectivity index (χ0v) is 7.40. The van der Waals surface area contributed by atoms with Crippen LogP contribution in [0, 0.1) is 0 Å². The van der Waals surface area contributed by atoms with Crippen LogP contribution in [0.3, 0.4) is 0 Å². The van der Waals surface area contributed by atoms with E-state index in [2.05, 4.69) is 24.0 Å². The summed E-state index contributed by atoms with van der Waals surface area (Å²) in [7, 11) is 4.21. The molecule has 0 aromatic heterocycles. The van der Waals surface area contributed by atoms with Gasteiger partial charge in [-0.25, -0.2) is 0 Å². The fourth-order valence-electron chi connectivity index (χ4n) is 0.891. The van der Waals surface area contributed by atoms with Crippen LogP contribution in [0.25, 0.3) is 0 Å². The van der Waals surface area contributed by atoms with Gasteiger partial charge in [-0.2, -0.15) is 0 Å². The van der Waals surface area contributed by atoms with E-state index in [-0.39, 0.29) is 0 Å². The zero-order chi connectivity index (χ0) is 7.40. The van der Waals surface area contributed by atoms with Crippen molar-refractivity contribution in [2.45, 2.75) is 12.5 Å². The van der Waals surface area contributed by atoms with Gasteiger partial charge >= 0.3 is 0 Å². The molecule has 58 valence electrons. The van der Waals surface area contributed by atoms with Crippen LogP contribution in [0.1, 0.15) is 6.42 Å². The van der Waals surface area contributed by atoms with Gasteiger partial charge in [0.05, 0.1) is 11.6 Å². The summed E-state index contributed by atoms with van der Waals surface area (Å²) in [6.45, 7) is 1.16. The van der Waals surface area contributed by atoms with Gasteiger partial charge in [0.1, 0.15) is 0 Å². The minimum atomic E-state index is 0.590. The Morgan fingerprint density at radius 1 is 1.70 bits per heavy atom. The highest BCUT2D eigenvalue weighted by Gasteiger charge is 2.10. The molecule has 0 aromatic rings. The summed E-state index contributed by atoms with van der Waals surface area (Å²) in [6.07, 6.45) is 1.20. The van der Waals surface area contributed by atoms with Gasteiger partial charge in [-0.05, 0) is 27.1 Å².